The number of carbonyl (C=O) groups is 1. The maximum absolute atomic E-state index is 12.7. The monoisotopic (exact) mass is 384 g/mol. The summed E-state index contributed by atoms with van der Waals surface area (Å²) in [6.07, 6.45) is 7.39. The largest absolute Gasteiger partial charge is 0.322 e. The number of benzene rings is 2. The van der Waals surface area contributed by atoms with Crippen LogP contribution in [0.15, 0.2) is 67.0 Å². The predicted molar refractivity (Wildman–Crippen MR) is 114 cm³/mol. The number of aromatic nitrogens is 2. The van der Waals surface area contributed by atoms with Crippen LogP contribution in [-0.2, 0) is 0 Å². The number of amides is 1. The van der Waals surface area contributed by atoms with Crippen molar-refractivity contribution in [1.29, 1.82) is 0 Å². The highest BCUT2D eigenvalue weighted by molar-refractivity contribution is 6.04. The van der Waals surface area contributed by atoms with Crippen molar-refractivity contribution in [1.82, 2.24) is 15.3 Å². The predicted octanol–water partition coefficient (Wildman–Crippen LogP) is 4.25. The first kappa shape index (κ1) is 18.0. The third kappa shape index (κ3) is 4.35. The van der Waals surface area contributed by atoms with Crippen LogP contribution in [0.5, 0.6) is 0 Å². The molecular formula is C24H24N4O. The lowest BCUT2D eigenvalue weighted by Gasteiger charge is -2.08. The summed E-state index contributed by atoms with van der Waals surface area (Å²) in [7, 11) is 0. The van der Waals surface area contributed by atoms with Gasteiger partial charge in [-0.3, -0.25) is 4.79 Å². The fraction of sp³-hybridized carbons (Fsp3) is 0.292. The molecule has 5 rings (SSSR count). The lowest BCUT2D eigenvalue weighted by atomic mass is 10.1. The zero-order valence-electron chi connectivity index (χ0n) is 16.2. The molecule has 3 aromatic rings. The molecule has 146 valence electrons. The first-order valence-corrected chi connectivity index (χ1v) is 10.3. The average molecular weight is 384 g/mol. The van der Waals surface area contributed by atoms with Gasteiger partial charge in [0.15, 0.2) is 5.82 Å². The SMILES string of the molecule is O=C(Nc1ccc(C2CC2NCC2CC2)cc1)c1cccc(-c2ncccn2)c1. The molecule has 2 aliphatic carbocycles. The third-order valence-electron chi connectivity index (χ3n) is 5.70. The van der Waals surface area contributed by atoms with Gasteiger partial charge in [0.2, 0.25) is 0 Å². The minimum atomic E-state index is -0.133. The van der Waals surface area contributed by atoms with Gasteiger partial charge in [-0.1, -0.05) is 24.3 Å². The molecule has 2 aliphatic rings. The van der Waals surface area contributed by atoms with Crippen molar-refractivity contribution in [2.75, 3.05) is 11.9 Å². The minimum Gasteiger partial charge on any atom is -0.322 e. The summed E-state index contributed by atoms with van der Waals surface area (Å²) in [5.41, 5.74) is 3.57. The van der Waals surface area contributed by atoms with E-state index in [1.165, 1.54) is 31.4 Å². The van der Waals surface area contributed by atoms with E-state index in [2.05, 4.69) is 32.7 Å². The van der Waals surface area contributed by atoms with Crippen molar-refractivity contribution in [3.8, 4) is 11.4 Å². The van der Waals surface area contributed by atoms with Crippen molar-refractivity contribution < 1.29 is 4.79 Å². The summed E-state index contributed by atoms with van der Waals surface area (Å²) in [4.78, 5) is 21.2. The van der Waals surface area contributed by atoms with Crippen LogP contribution in [0.3, 0.4) is 0 Å². The quantitative estimate of drug-likeness (QED) is 0.639. The van der Waals surface area contributed by atoms with Crippen LogP contribution in [0.2, 0.25) is 0 Å². The fourth-order valence-electron chi connectivity index (χ4n) is 3.69. The number of nitrogens with one attached hydrogen (secondary N) is 2. The van der Waals surface area contributed by atoms with Gasteiger partial charge < -0.3 is 10.6 Å². The Morgan fingerprint density at radius 1 is 1.00 bits per heavy atom. The molecular weight excluding hydrogens is 360 g/mol. The summed E-state index contributed by atoms with van der Waals surface area (Å²) < 4.78 is 0. The van der Waals surface area contributed by atoms with Crippen molar-refractivity contribution >= 4 is 11.6 Å². The molecule has 1 amide bonds. The molecule has 2 fully saturated rings. The second kappa shape index (κ2) is 7.76. The van der Waals surface area contributed by atoms with E-state index >= 15 is 0 Å². The zero-order valence-corrected chi connectivity index (χ0v) is 16.2. The Balaban J connectivity index is 1.21. The van der Waals surface area contributed by atoms with Gasteiger partial charge in [-0.25, -0.2) is 9.97 Å². The van der Waals surface area contributed by atoms with E-state index in [1.807, 2.05) is 30.3 Å². The first-order chi connectivity index (χ1) is 14.3. The van der Waals surface area contributed by atoms with E-state index in [-0.39, 0.29) is 5.91 Å². The number of carbonyl (C=O) groups excluding carboxylic acids is 1. The summed E-state index contributed by atoms with van der Waals surface area (Å²) in [5.74, 6) is 2.01. The third-order valence-corrected chi connectivity index (χ3v) is 5.70. The molecule has 0 saturated heterocycles. The van der Waals surface area contributed by atoms with Gasteiger partial charge in [-0.15, -0.1) is 0 Å². The van der Waals surface area contributed by atoms with E-state index in [0.717, 1.165) is 17.2 Å². The highest BCUT2D eigenvalue weighted by Crippen LogP contribution is 2.41. The van der Waals surface area contributed by atoms with Gasteiger partial charge in [0.1, 0.15) is 0 Å². The lowest BCUT2D eigenvalue weighted by Crippen LogP contribution is -2.20. The van der Waals surface area contributed by atoms with E-state index in [4.69, 9.17) is 0 Å². The highest BCUT2D eigenvalue weighted by Gasteiger charge is 2.38. The van der Waals surface area contributed by atoms with E-state index < -0.39 is 0 Å². The zero-order chi connectivity index (χ0) is 19.6. The average Bonchev–Trinajstić information content (AvgIpc) is 3.69. The Kier molecular flexibility index (Phi) is 4.82. The van der Waals surface area contributed by atoms with Gasteiger partial charge >= 0.3 is 0 Å². The van der Waals surface area contributed by atoms with Gasteiger partial charge in [-0.2, -0.15) is 0 Å². The Bertz CT molecular complexity index is 999. The molecule has 2 N–H and O–H groups in total. The summed E-state index contributed by atoms with van der Waals surface area (Å²) in [6, 6.07) is 18.0. The van der Waals surface area contributed by atoms with Gasteiger partial charge in [0, 0.05) is 41.2 Å². The van der Waals surface area contributed by atoms with Gasteiger partial charge in [0.25, 0.3) is 5.91 Å². The maximum Gasteiger partial charge on any atom is 0.255 e. The standard InChI is InChI=1S/C24H24N4O/c29-24(19-4-1-3-18(13-19)23-25-11-2-12-26-23)28-20-9-7-17(8-10-20)21-14-22(21)27-15-16-5-6-16/h1-4,7-13,16,21-22,27H,5-6,14-15H2,(H,28,29). The molecule has 0 aliphatic heterocycles. The molecule has 0 bridgehead atoms. The van der Waals surface area contributed by atoms with Crippen LogP contribution >= 0.6 is 0 Å². The smallest absolute Gasteiger partial charge is 0.255 e. The van der Waals surface area contributed by atoms with Crippen LogP contribution < -0.4 is 10.6 Å². The molecule has 0 spiro atoms. The Labute approximate surface area is 170 Å². The molecule has 1 heterocycles. The highest BCUT2D eigenvalue weighted by atomic mass is 16.1. The van der Waals surface area contributed by atoms with E-state index in [1.54, 1.807) is 24.5 Å². The summed E-state index contributed by atoms with van der Waals surface area (Å²) >= 11 is 0. The van der Waals surface area contributed by atoms with E-state index in [0.29, 0.717) is 23.3 Å². The van der Waals surface area contributed by atoms with Crippen molar-refractivity contribution in [3.63, 3.8) is 0 Å². The number of hydrogen-bond acceptors (Lipinski definition) is 4. The molecule has 0 radical (unpaired) electrons. The maximum atomic E-state index is 12.7. The minimum absolute atomic E-state index is 0.133. The van der Waals surface area contributed by atoms with Gasteiger partial charge in [0.05, 0.1) is 0 Å². The Hall–Kier alpha value is -3.05. The molecule has 5 nitrogen and oxygen atoms in total. The molecule has 29 heavy (non-hydrogen) atoms. The normalized spacial score (nSPS) is 20.3. The van der Waals surface area contributed by atoms with Crippen LogP contribution in [0.4, 0.5) is 5.69 Å². The van der Waals surface area contributed by atoms with Gasteiger partial charge in [-0.05, 0) is 67.6 Å². The summed E-state index contributed by atoms with van der Waals surface area (Å²) in [6.45, 7) is 1.17. The fourth-order valence-corrected chi connectivity index (χ4v) is 3.69. The molecule has 2 aromatic carbocycles. The number of rotatable bonds is 7. The number of nitrogens with zero attached hydrogens (tertiary/aromatic N) is 2. The van der Waals surface area contributed by atoms with Crippen molar-refractivity contribution in [3.05, 3.63) is 78.1 Å². The van der Waals surface area contributed by atoms with Crippen LogP contribution in [-0.4, -0.2) is 28.5 Å². The number of anilines is 1. The summed E-state index contributed by atoms with van der Waals surface area (Å²) in [5, 5.41) is 6.66. The van der Waals surface area contributed by atoms with Crippen molar-refractivity contribution in [2.45, 2.75) is 31.2 Å². The van der Waals surface area contributed by atoms with Crippen LogP contribution in [0.1, 0.15) is 41.1 Å². The van der Waals surface area contributed by atoms with E-state index in [9.17, 15) is 4.79 Å². The van der Waals surface area contributed by atoms with Crippen LogP contribution in [0.25, 0.3) is 11.4 Å². The lowest BCUT2D eigenvalue weighted by molar-refractivity contribution is 0.102. The molecule has 5 heteroatoms. The topological polar surface area (TPSA) is 66.9 Å². The molecule has 2 unspecified atom stereocenters. The first-order valence-electron chi connectivity index (χ1n) is 10.3. The Morgan fingerprint density at radius 3 is 2.55 bits per heavy atom. The Morgan fingerprint density at radius 2 is 1.79 bits per heavy atom. The van der Waals surface area contributed by atoms with Crippen LogP contribution in [0, 0.1) is 5.92 Å². The second-order valence-corrected chi connectivity index (χ2v) is 8.03. The van der Waals surface area contributed by atoms with Crippen molar-refractivity contribution in [2.24, 2.45) is 5.92 Å². The molecule has 2 atom stereocenters. The molecule has 1 aromatic heterocycles. The molecule has 2 saturated carbocycles. The second-order valence-electron chi connectivity index (χ2n) is 8.03. The number of hydrogen-bond donors (Lipinski definition) is 2.